The number of nitrogens with zero attached hydrogens (tertiary/aromatic N) is 2. The summed E-state index contributed by atoms with van der Waals surface area (Å²) in [6.07, 6.45) is 6.63. The van der Waals surface area contributed by atoms with E-state index in [9.17, 15) is 4.79 Å². The summed E-state index contributed by atoms with van der Waals surface area (Å²) in [6.45, 7) is 5.48. The molecule has 2 rings (SSSR count). The van der Waals surface area contributed by atoms with Crippen molar-refractivity contribution >= 4 is 11.8 Å². The van der Waals surface area contributed by atoms with Gasteiger partial charge in [0.25, 0.3) is 0 Å². The van der Waals surface area contributed by atoms with E-state index in [0.717, 1.165) is 18.2 Å². The van der Waals surface area contributed by atoms with Crippen molar-refractivity contribution in [3.63, 3.8) is 0 Å². The van der Waals surface area contributed by atoms with Crippen molar-refractivity contribution in [2.45, 2.75) is 51.9 Å². The van der Waals surface area contributed by atoms with E-state index in [4.69, 9.17) is 4.52 Å². The monoisotopic (exact) mass is 293 g/mol. The average Bonchev–Trinajstić information content (AvgIpc) is 2.88. The van der Waals surface area contributed by atoms with Crippen molar-refractivity contribution in [1.29, 1.82) is 0 Å². The topological polar surface area (TPSA) is 58.4 Å². The second-order valence-electron chi connectivity index (χ2n) is 6.52. The number of amides is 1. The second kappa shape index (κ2) is 7.59. The summed E-state index contributed by atoms with van der Waals surface area (Å²) in [4.78, 5) is 14.1. The molecule has 0 unspecified atom stereocenters. The molecule has 1 heterocycles. The number of hydrogen-bond donors (Lipinski definition) is 1. The fourth-order valence-electron chi connectivity index (χ4n) is 2.92. The highest BCUT2D eigenvalue weighted by atomic mass is 16.5. The van der Waals surface area contributed by atoms with Gasteiger partial charge in [0, 0.05) is 12.6 Å². The normalized spacial score (nSPS) is 16.6. The van der Waals surface area contributed by atoms with Gasteiger partial charge in [-0.3, -0.25) is 15.0 Å². The maximum atomic E-state index is 12.0. The van der Waals surface area contributed by atoms with Crippen LogP contribution < -0.4 is 5.32 Å². The van der Waals surface area contributed by atoms with Gasteiger partial charge in [0.15, 0.2) is 0 Å². The maximum Gasteiger partial charge on any atom is 0.240 e. The van der Waals surface area contributed by atoms with Crippen molar-refractivity contribution in [3.8, 4) is 0 Å². The first-order valence-electron chi connectivity index (χ1n) is 7.99. The average molecular weight is 293 g/mol. The third-order valence-corrected chi connectivity index (χ3v) is 4.09. The Balaban J connectivity index is 1.74. The number of rotatable bonds is 6. The van der Waals surface area contributed by atoms with Gasteiger partial charge in [0.1, 0.15) is 0 Å². The minimum absolute atomic E-state index is 0.0419. The van der Waals surface area contributed by atoms with Crippen molar-refractivity contribution in [2.75, 3.05) is 25.5 Å². The first kappa shape index (κ1) is 16.0. The molecule has 118 valence electrons. The Kier molecular flexibility index (Phi) is 5.79. The second-order valence-corrected chi connectivity index (χ2v) is 6.52. The van der Waals surface area contributed by atoms with E-state index in [2.05, 4.69) is 15.4 Å². The van der Waals surface area contributed by atoms with Crippen molar-refractivity contribution in [3.05, 3.63) is 11.8 Å². The van der Waals surface area contributed by atoms with Gasteiger partial charge in [-0.05, 0) is 31.7 Å². The Bertz CT molecular complexity index is 450. The summed E-state index contributed by atoms with van der Waals surface area (Å²) in [5, 5.41) is 6.71. The number of hydrogen-bond acceptors (Lipinski definition) is 4. The Labute approximate surface area is 127 Å². The first-order valence-corrected chi connectivity index (χ1v) is 7.99. The maximum absolute atomic E-state index is 12.0. The Morgan fingerprint density at radius 3 is 2.76 bits per heavy atom. The zero-order valence-corrected chi connectivity index (χ0v) is 13.4. The summed E-state index contributed by atoms with van der Waals surface area (Å²) in [5.74, 6) is 1.44. The molecule has 0 spiro atoms. The fraction of sp³-hybridized carbons (Fsp3) is 0.750. The van der Waals surface area contributed by atoms with E-state index in [1.165, 1.54) is 32.1 Å². The fourth-order valence-corrected chi connectivity index (χ4v) is 2.92. The third kappa shape index (κ3) is 5.16. The van der Waals surface area contributed by atoms with E-state index in [1.807, 2.05) is 20.9 Å². The number of carbonyl (C=O) groups is 1. The van der Waals surface area contributed by atoms with Gasteiger partial charge in [-0.1, -0.05) is 38.3 Å². The molecule has 5 nitrogen and oxygen atoms in total. The molecule has 1 amide bonds. The quantitative estimate of drug-likeness (QED) is 0.874. The summed E-state index contributed by atoms with van der Waals surface area (Å²) in [5.41, 5.74) is 0.862. The smallest absolute Gasteiger partial charge is 0.240 e. The van der Waals surface area contributed by atoms with Gasteiger partial charge in [0.05, 0.1) is 12.2 Å². The summed E-state index contributed by atoms with van der Waals surface area (Å²) >= 11 is 0. The van der Waals surface area contributed by atoms with Crippen molar-refractivity contribution in [1.82, 2.24) is 10.1 Å². The van der Waals surface area contributed by atoms with Crippen LogP contribution in [0.25, 0.3) is 0 Å². The highest BCUT2D eigenvalue weighted by Gasteiger charge is 2.17. The van der Waals surface area contributed by atoms with Crippen molar-refractivity contribution in [2.24, 2.45) is 5.92 Å². The van der Waals surface area contributed by atoms with Crippen LogP contribution in [0.3, 0.4) is 0 Å². The van der Waals surface area contributed by atoms with E-state index in [1.54, 1.807) is 6.07 Å². The summed E-state index contributed by atoms with van der Waals surface area (Å²) < 4.78 is 5.13. The van der Waals surface area contributed by atoms with Gasteiger partial charge in [0.2, 0.25) is 11.8 Å². The zero-order valence-electron chi connectivity index (χ0n) is 13.4. The van der Waals surface area contributed by atoms with Crippen molar-refractivity contribution < 1.29 is 9.32 Å². The Hall–Kier alpha value is -1.36. The summed E-state index contributed by atoms with van der Waals surface area (Å²) in [7, 11) is 2.01. The molecular weight excluding hydrogens is 266 g/mol. The lowest BCUT2D eigenvalue weighted by molar-refractivity contribution is -0.117. The molecule has 1 aromatic heterocycles. The molecule has 0 saturated heterocycles. The number of nitrogens with one attached hydrogen (secondary N) is 1. The number of anilines is 1. The van der Waals surface area contributed by atoms with Gasteiger partial charge < -0.3 is 4.52 Å². The van der Waals surface area contributed by atoms with Gasteiger partial charge >= 0.3 is 0 Å². The molecule has 1 N–H and O–H groups in total. The van der Waals surface area contributed by atoms with Crippen LogP contribution in [0.2, 0.25) is 0 Å². The van der Waals surface area contributed by atoms with Gasteiger partial charge in [-0.15, -0.1) is 0 Å². The highest BCUT2D eigenvalue weighted by molar-refractivity contribution is 5.90. The number of likely N-dealkylation sites (N-methyl/N-ethyl adjacent to an activating group) is 1. The lowest BCUT2D eigenvalue weighted by atomic mass is 9.89. The predicted molar refractivity (Wildman–Crippen MR) is 83.3 cm³/mol. The van der Waals surface area contributed by atoms with Crippen LogP contribution in [0, 0.1) is 5.92 Å². The molecule has 0 aromatic carbocycles. The molecule has 0 atom stereocenters. The van der Waals surface area contributed by atoms with E-state index >= 15 is 0 Å². The van der Waals surface area contributed by atoms with E-state index in [-0.39, 0.29) is 5.91 Å². The number of carbonyl (C=O) groups excluding carboxylic acids is 1. The SMILES string of the molecule is CC(C)c1cc(NC(=O)CN(C)CC2CCCCC2)on1. The van der Waals surface area contributed by atoms with E-state index < -0.39 is 0 Å². The van der Waals surface area contributed by atoms with Crippen LogP contribution in [0.15, 0.2) is 10.6 Å². The van der Waals surface area contributed by atoms with E-state index in [0.29, 0.717) is 18.3 Å². The first-order chi connectivity index (χ1) is 10.0. The third-order valence-electron chi connectivity index (χ3n) is 4.09. The lowest BCUT2D eigenvalue weighted by Gasteiger charge is -2.26. The minimum Gasteiger partial charge on any atom is -0.338 e. The largest absolute Gasteiger partial charge is 0.338 e. The standard InChI is InChI=1S/C16H27N3O2/c1-12(2)14-9-16(21-18-14)17-15(20)11-19(3)10-13-7-5-4-6-8-13/h9,12-13H,4-8,10-11H2,1-3H3,(H,17,20). The van der Waals surface area contributed by atoms with Crippen LogP contribution in [-0.4, -0.2) is 36.1 Å². The molecule has 1 aromatic rings. The lowest BCUT2D eigenvalue weighted by Crippen LogP contribution is -2.34. The molecule has 0 radical (unpaired) electrons. The minimum atomic E-state index is -0.0419. The molecule has 1 fully saturated rings. The molecule has 5 heteroatoms. The Morgan fingerprint density at radius 1 is 1.43 bits per heavy atom. The Morgan fingerprint density at radius 2 is 2.14 bits per heavy atom. The molecule has 1 aliphatic carbocycles. The summed E-state index contributed by atoms with van der Waals surface area (Å²) in [6, 6.07) is 1.80. The van der Waals surface area contributed by atoms with Crippen LogP contribution in [-0.2, 0) is 4.79 Å². The molecule has 21 heavy (non-hydrogen) atoms. The van der Waals surface area contributed by atoms with Crippen LogP contribution >= 0.6 is 0 Å². The molecular formula is C16H27N3O2. The van der Waals surface area contributed by atoms with Crippen LogP contribution in [0.4, 0.5) is 5.88 Å². The van der Waals surface area contributed by atoms with Gasteiger partial charge in [-0.2, -0.15) is 0 Å². The van der Waals surface area contributed by atoms with Gasteiger partial charge in [-0.25, -0.2) is 0 Å². The molecule has 0 bridgehead atoms. The predicted octanol–water partition coefficient (Wildman–Crippen LogP) is 3.25. The zero-order chi connectivity index (χ0) is 15.2. The van der Waals surface area contributed by atoms with Crippen LogP contribution in [0.1, 0.15) is 57.6 Å². The molecule has 0 aliphatic heterocycles. The van der Waals surface area contributed by atoms with Crippen LogP contribution in [0.5, 0.6) is 0 Å². The molecule has 1 aliphatic rings. The molecule has 1 saturated carbocycles. The number of aromatic nitrogens is 1. The highest BCUT2D eigenvalue weighted by Crippen LogP contribution is 2.24.